The van der Waals surface area contributed by atoms with Crippen LogP contribution >= 0.6 is 15.9 Å². The van der Waals surface area contributed by atoms with Crippen LogP contribution in [0.5, 0.6) is 0 Å². The molecule has 0 bridgehead atoms. The van der Waals surface area contributed by atoms with Crippen molar-refractivity contribution in [1.82, 2.24) is 4.98 Å². The van der Waals surface area contributed by atoms with Gasteiger partial charge in [0.2, 0.25) is 0 Å². The zero-order valence-corrected chi connectivity index (χ0v) is 7.78. The van der Waals surface area contributed by atoms with Crippen LogP contribution in [0.25, 0.3) is 0 Å². The maximum absolute atomic E-state index is 12.2. The Morgan fingerprint density at radius 1 is 1.58 bits per heavy atom. The van der Waals surface area contributed by atoms with Gasteiger partial charge in [0.25, 0.3) is 12.0 Å². The van der Waals surface area contributed by atoms with E-state index in [0.717, 1.165) is 0 Å². The van der Waals surface area contributed by atoms with Crippen LogP contribution in [0, 0.1) is 6.92 Å². The van der Waals surface area contributed by atoms with E-state index in [0.29, 0.717) is 4.47 Å². The van der Waals surface area contributed by atoms with Gasteiger partial charge < -0.3 is 4.98 Å². The standard InChI is InChI=1S/C7H6BrF2NO/c1-3-4(8)2-11-7(12)5(3)6(9)10/h2,6H,1H3,(H,11,12). The lowest BCUT2D eigenvalue weighted by molar-refractivity contribution is 0.148. The van der Waals surface area contributed by atoms with Gasteiger partial charge in [-0.15, -0.1) is 0 Å². The van der Waals surface area contributed by atoms with Gasteiger partial charge in [-0.3, -0.25) is 4.79 Å². The van der Waals surface area contributed by atoms with Gasteiger partial charge in [-0.1, -0.05) is 0 Å². The van der Waals surface area contributed by atoms with Crippen LogP contribution in [0.1, 0.15) is 17.6 Å². The van der Waals surface area contributed by atoms with E-state index in [1.807, 2.05) is 0 Å². The molecule has 5 heteroatoms. The van der Waals surface area contributed by atoms with E-state index >= 15 is 0 Å². The summed E-state index contributed by atoms with van der Waals surface area (Å²) in [5.74, 6) is 0. The van der Waals surface area contributed by atoms with E-state index in [2.05, 4.69) is 20.9 Å². The summed E-state index contributed by atoms with van der Waals surface area (Å²) in [5, 5.41) is 0. The summed E-state index contributed by atoms with van der Waals surface area (Å²) < 4.78 is 24.9. The first-order valence-corrected chi connectivity index (χ1v) is 3.99. The molecule has 0 saturated heterocycles. The van der Waals surface area contributed by atoms with Gasteiger partial charge in [0.15, 0.2) is 0 Å². The highest BCUT2D eigenvalue weighted by molar-refractivity contribution is 9.10. The summed E-state index contributed by atoms with van der Waals surface area (Å²) in [6.07, 6.45) is -1.38. The summed E-state index contributed by atoms with van der Waals surface area (Å²) in [4.78, 5) is 13.1. The fourth-order valence-corrected chi connectivity index (χ4v) is 1.20. The zero-order chi connectivity index (χ0) is 9.30. The summed E-state index contributed by atoms with van der Waals surface area (Å²) in [6, 6.07) is 0. The number of hydrogen-bond donors (Lipinski definition) is 1. The molecule has 0 atom stereocenters. The Morgan fingerprint density at radius 2 is 2.17 bits per heavy atom. The van der Waals surface area contributed by atoms with E-state index in [-0.39, 0.29) is 5.56 Å². The highest BCUT2D eigenvalue weighted by Crippen LogP contribution is 2.23. The second-order valence-corrected chi connectivity index (χ2v) is 3.16. The summed E-state index contributed by atoms with van der Waals surface area (Å²) in [7, 11) is 0. The zero-order valence-electron chi connectivity index (χ0n) is 6.20. The van der Waals surface area contributed by atoms with E-state index < -0.39 is 17.5 Å². The van der Waals surface area contributed by atoms with Crippen molar-refractivity contribution in [3.05, 3.63) is 32.2 Å². The molecular formula is C7H6BrF2NO. The number of rotatable bonds is 1. The number of alkyl halides is 2. The fraction of sp³-hybridized carbons (Fsp3) is 0.286. The minimum absolute atomic E-state index is 0.286. The molecule has 0 aliphatic rings. The van der Waals surface area contributed by atoms with Gasteiger partial charge in [0.1, 0.15) is 0 Å². The van der Waals surface area contributed by atoms with Gasteiger partial charge in [0, 0.05) is 10.7 Å². The largest absolute Gasteiger partial charge is 0.328 e. The molecule has 1 aromatic heterocycles. The Morgan fingerprint density at radius 3 is 2.58 bits per heavy atom. The van der Waals surface area contributed by atoms with Gasteiger partial charge in [0.05, 0.1) is 5.56 Å². The quantitative estimate of drug-likeness (QED) is 0.800. The van der Waals surface area contributed by atoms with Gasteiger partial charge in [-0.25, -0.2) is 8.78 Å². The second kappa shape index (κ2) is 3.35. The number of aromatic nitrogens is 1. The number of H-pyrrole nitrogens is 1. The van der Waals surface area contributed by atoms with Crippen molar-refractivity contribution < 1.29 is 8.78 Å². The summed E-state index contributed by atoms with van der Waals surface area (Å²) in [6.45, 7) is 1.47. The molecule has 0 amide bonds. The monoisotopic (exact) mass is 237 g/mol. The molecule has 0 radical (unpaired) electrons. The number of hydrogen-bond acceptors (Lipinski definition) is 1. The molecule has 12 heavy (non-hydrogen) atoms. The van der Waals surface area contributed by atoms with Crippen molar-refractivity contribution >= 4 is 15.9 Å². The molecule has 0 spiro atoms. The molecule has 66 valence electrons. The minimum Gasteiger partial charge on any atom is -0.328 e. The first kappa shape index (κ1) is 9.38. The van der Waals surface area contributed by atoms with Crippen LogP contribution < -0.4 is 5.56 Å². The van der Waals surface area contributed by atoms with E-state index in [1.165, 1.54) is 13.1 Å². The maximum Gasteiger partial charge on any atom is 0.269 e. The topological polar surface area (TPSA) is 32.9 Å². The summed E-state index contributed by atoms with van der Waals surface area (Å²) in [5.41, 5.74) is -0.913. The van der Waals surface area contributed by atoms with Crippen molar-refractivity contribution in [3.8, 4) is 0 Å². The third-order valence-corrected chi connectivity index (χ3v) is 2.38. The first-order chi connectivity index (χ1) is 5.54. The van der Waals surface area contributed by atoms with Gasteiger partial charge >= 0.3 is 0 Å². The molecule has 0 saturated carbocycles. The third kappa shape index (κ3) is 1.55. The molecule has 1 N–H and O–H groups in total. The highest BCUT2D eigenvalue weighted by atomic mass is 79.9. The Balaban J connectivity index is 3.43. The normalized spacial score (nSPS) is 10.8. The van der Waals surface area contributed by atoms with Crippen molar-refractivity contribution in [2.24, 2.45) is 0 Å². The Kier molecular flexibility index (Phi) is 2.62. The SMILES string of the molecule is Cc1c(Br)c[nH]c(=O)c1C(F)F. The fourth-order valence-electron chi connectivity index (χ4n) is 0.877. The van der Waals surface area contributed by atoms with Gasteiger partial charge in [-0.2, -0.15) is 0 Å². The first-order valence-electron chi connectivity index (χ1n) is 3.20. The molecule has 0 unspecified atom stereocenters. The van der Waals surface area contributed by atoms with Crippen LogP contribution in [-0.2, 0) is 0 Å². The lowest BCUT2D eigenvalue weighted by Crippen LogP contribution is -2.14. The van der Waals surface area contributed by atoms with Crippen molar-refractivity contribution in [1.29, 1.82) is 0 Å². The number of halogens is 3. The van der Waals surface area contributed by atoms with Gasteiger partial charge in [-0.05, 0) is 28.4 Å². The molecule has 2 nitrogen and oxygen atoms in total. The predicted octanol–water partition coefficient (Wildman–Crippen LogP) is 2.38. The molecule has 1 heterocycles. The smallest absolute Gasteiger partial charge is 0.269 e. The predicted molar refractivity (Wildman–Crippen MR) is 44.5 cm³/mol. The maximum atomic E-state index is 12.2. The average molecular weight is 238 g/mol. The Bertz CT molecular complexity index is 348. The van der Waals surface area contributed by atoms with Crippen molar-refractivity contribution in [2.45, 2.75) is 13.3 Å². The average Bonchev–Trinajstić information content (AvgIpc) is 1.97. The molecular weight excluding hydrogens is 232 g/mol. The Labute approximate surface area is 75.7 Å². The molecule has 0 aliphatic carbocycles. The van der Waals surface area contributed by atoms with E-state index in [1.54, 1.807) is 0 Å². The minimum atomic E-state index is -2.73. The van der Waals surface area contributed by atoms with E-state index in [4.69, 9.17) is 0 Å². The summed E-state index contributed by atoms with van der Waals surface area (Å²) >= 11 is 3.05. The van der Waals surface area contributed by atoms with Crippen LogP contribution in [0.4, 0.5) is 8.78 Å². The van der Waals surface area contributed by atoms with Crippen LogP contribution in [0.2, 0.25) is 0 Å². The third-order valence-electron chi connectivity index (χ3n) is 1.56. The van der Waals surface area contributed by atoms with Crippen molar-refractivity contribution in [3.63, 3.8) is 0 Å². The Hall–Kier alpha value is -0.710. The van der Waals surface area contributed by atoms with Crippen LogP contribution in [0.15, 0.2) is 15.5 Å². The van der Waals surface area contributed by atoms with Crippen LogP contribution in [-0.4, -0.2) is 4.98 Å². The van der Waals surface area contributed by atoms with E-state index in [9.17, 15) is 13.6 Å². The lowest BCUT2D eigenvalue weighted by atomic mass is 10.2. The number of aromatic amines is 1. The number of pyridine rings is 1. The van der Waals surface area contributed by atoms with Crippen LogP contribution in [0.3, 0.4) is 0 Å². The highest BCUT2D eigenvalue weighted by Gasteiger charge is 2.16. The molecule has 0 fully saturated rings. The lowest BCUT2D eigenvalue weighted by Gasteiger charge is -2.03. The molecule has 1 aromatic rings. The molecule has 0 aliphatic heterocycles. The molecule has 1 rings (SSSR count). The van der Waals surface area contributed by atoms with Crippen molar-refractivity contribution in [2.75, 3.05) is 0 Å². The molecule has 0 aromatic carbocycles. The number of nitrogens with one attached hydrogen (secondary N) is 1. The second-order valence-electron chi connectivity index (χ2n) is 2.31.